The van der Waals surface area contributed by atoms with Crippen molar-refractivity contribution in [3.05, 3.63) is 65.7 Å². The molecule has 2 aromatic rings. The molecule has 2 rings (SSSR count). The Labute approximate surface area is 136 Å². The molecular weight excluding hydrogens is 290 g/mol. The molecule has 4 nitrogen and oxygen atoms in total. The van der Waals surface area contributed by atoms with Crippen LogP contribution in [0.1, 0.15) is 22.8 Å². The summed E-state index contributed by atoms with van der Waals surface area (Å²) in [6.07, 6.45) is 0.699. The predicted octanol–water partition coefficient (Wildman–Crippen LogP) is 3.31. The van der Waals surface area contributed by atoms with Crippen molar-refractivity contribution in [3.63, 3.8) is 0 Å². The van der Waals surface area contributed by atoms with Crippen molar-refractivity contribution < 1.29 is 14.3 Å². The summed E-state index contributed by atoms with van der Waals surface area (Å²) >= 11 is 0. The van der Waals surface area contributed by atoms with E-state index >= 15 is 0 Å². The summed E-state index contributed by atoms with van der Waals surface area (Å²) in [6, 6.07) is 16.8. The molecule has 23 heavy (non-hydrogen) atoms. The molecular formula is C19H21NO3. The van der Waals surface area contributed by atoms with Gasteiger partial charge in [0.15, 0.2) is 0 Å². The number of rotatable bonds is 5. The molecule has 0 spiro atoms. The summed E-state index contributed by atoms with van der Waals surface area (Å²) in [4.78, 5) is 25.6. The van der Waals surface area contributed by atoms with E-state index in [2.05, 4.69) is 4.74 Å². The van der Waals surface area contributed by atoms with Crippen LogP contribution < -0.4 is 4.90 Å². The summed E-state index contributed by atoms with van der Waals surface area (Å²) in [5.74, 6) is -0.467. The van der Waals surface area contributed by atoms with Crippen LogP contribution in [0.4, 0.5) is 5.69 Å². The Morgan fingerprint density at radius 2 is 1.65 bits per heavy atom. The van der Waals surface area contributed by atoms with Gasteiger partial charge in [-0.3, -0.25) is 4.79 Å². The molecule has 0 heterocycles. The third-order valence-electron chi connectivity index (χ3n) is 3.81. The zero-order valence-corrected chi connectivity index (χ0v) is 13.7. The molecule has 0 aromatic heterocycles. The first-order chi connectivity index (χ1) is 11.0. The minimum atomic E-state index is -0.386. The van der Waals surface area contributed by atoms with Crippen LogP contribution in [-0.4, -0.2) is 26.0 Å². The number of amides is 1. The molecule has 0 radical (unpaired) electrons. The quantitative estimate of drug-likeness (QED) is 0.796. The second-order valence-electron chi connectivity index (χ2n) is 5.53. The van der Waals surface area contributed by atoms with E-state index in [0.717, 1.165) is 11.3 Å². The Kier molecular flexibility index (Phi) is 5.52. The van der Waals surface area contributed by atoms with E-state index in [1.54, 1.807) is 36.2 Å². The number of esters is 1. The third-order valence-corrected chi connectivity index (χ3v) is 3.81. The summed E-state index contributed by atoms with van der Waals surface area (Å²) in [7, 11) is 3.09. The normalized spacial score (nSPS) is 11.6. The second kappa shape index (κ2) is 7.58. The third kappa shape index (κ3) is 4.19. The molecule has 0 aliphatic carbocycles. The SMILES string of the molecule is COC(=O)c1ccc(N(C)C(=O)[C@H](C)Cc2ccccc2)cc1. The maximum atomic E-state index is 12.6. The smallest absolute Gasteiger partial charge is 0.337 e. The van der Waals surface area contributed by atoms with Crippen LogP contribution >= 0.6 is 0 Å². The number of benzene rings is 2. The van der Waals surface area contributed by atoms with Crippen LogP contribution in [0.3, 0.4) is 0 Å². The molecule has 0 fully saturated rings. The number of methoxy groups -OCH3 is 1. The zero-order valence-electron chi connectivity index (χ0n) is 13.7. The Bertz CT molecular complexity index is 665. The lowest BCUT2D eigenvalue weighted by molar-refractivity contribution is -0.121. The highest BCUT2D eigenvalue weighted by Gasteiger charge is 2.19. The summed E-state index contributed by atoms with van der Waals surface area (Å²) in [5, 5.41) is 0. The predicted molar refractivity (Wildman–Crippen MR) is 90.5 cm³/mol. The molecule has 0 aliphatic heterocycles. The van der Waals surface area contributed by atoms with E-state index in [9.17, 15) is 9.59 Å². The van der Waals surface area contributed by atoms with Crippen molar-refractivity contribution in [3.8, 4) is 0 Å². The van der Waals surface area contributed by atoms with E-state index in [1.807, 2.05) is 37.3 Å². The highest BCUT2D eigenvalue weighted by atomic mass is 16.5. The van der Waals surface area contributed by atoms with E-state index in [1.165, 1.54) is 7.11 Å². The fourth-order valence-corrected chi connectivity index (χ4v) is 2.45. The number of ether oxygens (including phenoxy) is 1. The lowest BCUT2D eigenvalue weighted by Crippen LogP contribution is -2.32. The standard InChI is InChI=1S/C19H21NO3/c1-14(13-15-7-5-4-6-8-15)18(21)20(2)17-11-9-16(10-12-17)19(22)23-3/h4-12,14H,13H2,1-3H3/t14-/m1/s1. The highest BCUT2D eigenvalue weighted by Crippen LogP contribution is 2.18. The number of carbonyl (C=O) groups is 2. The first kappa shape index (κ1) is 16.7. The van der Waals surface area contributed by atoms with Gasteiger partial charge in [-0.25, -0.2) is 4.79 Å². The van der Waals surface area contributed by atoms with E-state index in [4.69, 9.17) is 0 Å². The molecule has 0 unspecified atom stereocenters. The fraction of sp³-hybridized carbons (Fsp3) is 0.263. The van der Waals surface area contributed by atoms with Gasteiger partial charge in [-0.1, -0.05) is 37.3 Å². The van der Waals surface area contributed by atoms with Crippen LogP contribution in [0, 0.1) is 5.92 Å². The lowest BCUT2D eigenvalue weighted by atomic mass is 10.00. The molecule has 0 saturated carbocycles. The van der Waals surface area contributed by atoms with Crippen LogP contribution in [0.2, 0.25) is 0 Å². The molecule has 4 heteroatoms. The Morgan fingerprint density at radius 3 is 2.22 bits per heavy atom. The molecule has 1 atom stereocenters. The Morgan fingerprint density at radius 1 is 1.04 bits per heavy atom. The van der Waals surface area contributed by atoms with E-state index < -0.39 is 0 Å². The van der Waals surface area contributed by atoms with Crippen LogP contribution in [0.5, 0.6) is 0 Å². The van der Waals surface area contributed by atoms with Gasteiger partial charge in [-0.2, -0.15) is 0 Å². The van der Waals surface area contributed by atoms with Crippen molar-refractivity contribution in [2.24, 2.45) is 5.92 Å². The van der Waals surface area contributed by atoms with Crippen LogP contribution in [0.25, 0.3) is 0 Å². The second-order valence-corrected chi connectivity index (χ2v) is 5.53. The average molecular weight is 311 g/mol. The van der Waals surface area contributed by atoms with Gasteiger partial charge in [0.1, 0.15) is 0 Å². The van der Waals surface area contributed by atoms with E-state index in [-0.39, 0.29) is 17.8 Å². The average Bonchev–Trinajstić information content (AvgIpc) is 2.60. The number of hydrogen-bond donors (Lipinski definition) is 0. The van der Waals surface area contributed by atoms with Gasteiger partial charge in [-0.15, -0.1) is 0 Å². The largest absolute Gasteiger partial charge is 0.465 e. The van der Waals surface area contributed by atoms with Crippen molar-refractivity contribution in [1.29, 1.82) is 0 Å². The lowest BCUT2D eigenvalue weighted by Gasteiger charge is -2.22. The number of anilines is 1. The molecule has 120 valence electrons. The van der Waals surface area contributed by atoms with Crippen molar-refractivity contribution in [2.75, 3.05) is 19.1 Å². The maximum absolute atomic E-state index is 12.6. The van der Waals surface area contributed by atoms with Crippen molar-refractivity contribution >= 4 is 17.6 Å². The Hall–Kier alpha value is -2.62. The molecule has 0 saturated heterocycles. The Balaban J connectivity index is 2.05. The molecule has 0 aliphatic rings. The van der Waals surface area contributed by atoms with Gasteiger partial charge >= 0.3 is 5.97 Å². The molecule has 0 bridgehead atoms. The molecule has 2 aromatic carbocycles. The van der Waals surface area contributed by atoms with E-state index in [0.29, 0.717) is 12.0 Å². The summed E-state index contributed by atoms with van der Waals surface area (Å²) < 4.78 is 4.67. The van der Waals surface area contributed by atoms with Gasteiger partial charge < -0.3 is 9.64 Å². The van der Waals surface area contributed by atoms with Gasteiger partial charge in [0.25, 0.3) is 0 Å². The summed E-state index contributed by atoms with van der Waals surface area (Å²) in [5.41, 5.74) is 2.36. The van der Waals surface area contributed by atoms with Crippen molar-refractivity contribution in [2.45, 2.75) is 13.3 Å². The van der Waals surface area contributed by atoms with Crippen molar-refractivity contribution in [1.82, 2.24) is 0 Å². The number of carbonyl (C=O) groups excluding carboxylic acids is 2. The van der Waals surface area contributed by atoms with Gasteiger partial charge in [0.2, 0.25) is 5.91 Å². The first-order valence-electron chi connectivity index (χ1n) is 7.52. The summed E-state index contributed by atoms with van der Waals surface area (Å²) in [6.45, 7) is 1.93. The monoisotopic (exact) mass is 311 g/mol. The van der Waals surface area contributed by atoms with Crippen LogP contribution in [-0.2, 0) is 16.0 Å². The van der Waals surface area contributed by atoms with Crippen LogP contribution in [0.15, 0.2) is 54.6 Å². The minimum absolute atomic E-state index is 0.0414. The van der Waals surface area contributed by atoms with Gasteiger partial charge in [0.05, 0.1) is 12.7 Å². The topological polar surface area (TPSA) is 46.6 Å². The minimum Gasteiger partial charge on any atom is -0.465 e. The highest BCUT2D eigenvalue weighted by molar-refractivity contribution is 5.95. The molecule has 1 amide bonds. The maximum Gasteiger partial charge on any atom is 0.337 e. The number of hydrogen-bond acceptors (Lipinski definition) is 3. The fourth-order valence-electron chi connectivity index (χ4n) is 2.45. The first-order valence-corrected chi connectivity index (χ1v) is 7.52. The number of nitrogens with zero attached hydrogens (tertiary/aromatic N) is 1. The van der Waals surface area contributed by atoms with Gasteiger partial charge in [-0.05, 0) is 36.2 Å². The molecule has 0 N–H and O–H groups in total. The zero-order chi connectivity index (χ0) is 16.8. The van der Waals surface area contributed by atoms with Gasteiger partial charge in [0, 0.05) is 18.7 Å².